The average Bonchev–Trinajstić information content (AvgIpc) is 2.47. The molecule has 2 rings (SSSR count). The van der Waals surface area contributed by atoms with Crippen LogP contribution in [-0.2, 0) is 4.74 Å². The van der Waals surface area contributed by atoms with E-state index in [1.54, 1.807) is 0 Å². The van der Waals surface area contributed by atoms with Crippen LogP contribution in [0.25, 0.3) is 0 Å². The van der Waals surface area contributed by atoms with Gasteiger partial charge in [-0.1, -0.05) is 45.4 Å². The summed E-state index contributed by atoms with van der Waals surface area (Å²) in [6.07, 6.45) is 4.76. The molecule has 3 unspecified atom stereocenters. The predicted molar refractivity (Wildman–Crippen MR) is 81.6 cm³/mol. The van der Waals surface area contributed by atoms with E-state index in [-0.39, 0.29) is 12.1 Å². The van der Waals surface area contributed by atoms with Crippen molar-refractivity contribution in [3.05, 3.63) is 35.9 Å². The fraction of sp³-hybridized carbons (Fsp3) is 0.611. The van der Waals surface area contributed by atoms with Crippen LogP contribution in [-0.4, -0.2) is 12.1 Å². The molecule has 0 spiro atoms. The number of rotatable bonds is 4. The molecule has 3 atom stereocenters. The second-order valence-electron chi connectivity index (χ2n) is 6.30. The van der Waals surface area contributed by atoms with Gasteiger partial charge in [-0.05, 0) is 49.1 Å². The van der Waals surface area contributed by atoms with Crippen LogP contribution in [0.3, 0.4) is 0 Å². The van der Waals surface area contributed by atoms with Gasteiger partial charge >= 0.3 is 5.97 Å². The van der Waals surface area contributed by atoms with E-state index in [0.29, 0.717) is 23.3 Å². The number of esters is 1. The molecular formula is C18H26O2. The molecule has 2 nitrogen and oxygen atoms in total. The molecule has 0 saturated heterocycles. The molecule has 1 aromatic carbocycles. The van der Waals surface area contributed by atoms with E-state index in [0.717, 1.165) is 6.42 Å². The SMILES string of the molecule is CCC1CCC(C(C)C)C(OC(=O)c2ccccc2)C1. The number of benzene rings is 1. The molecule has 0 heterocycles. The van der Waals surface area contributed by atoms with E-state index in [1.165, 1.54) is 19.3 Å². The quantitative estimate of drug-likeness (QED) is 0.744. The summed E-state index contributed by atoms with van der Waals surface area (Å²) in [7, 11) is 0. The maximum Gasteiger partial charge on any atom is 0.338 e. The Morgan fingerprint density at radius 3 is 2.55 bits per heavy atom. The van der Waals surface area contributed by atoms with Crippen LogP contribution < -0.4 is 0 Å². The monoisotopic (exact) mass is 274 g/mol. The standard InChI is InChI=1S/C18H26O2/c1-4-14-10-11-16(13(2)3)17(12-14)20-18(19)15-8-6-5-7-9-15/h5-9,13-14,16-17H,4,10-12H2,1-3H3. The topological polar surface area (TPSA) is 26.3 Å². The zero-order chi connectivity index (χ0) is 14.5. The predicted octanol–water partition coefficient (Wildman–Crippen LogP) is 4.69. The summed E-state index contributed by atoms with van der Waals surface area (Å²) >= 11 is 0. The molecule has 0 amide bonds. The van der Waals surface area contributed by atoms with Crippen LogP contribution in [0.1, 0.15) is 56.8 Å². The molecule has 0 aromatic heterocycles. The number of carbonyl (C=O) groups excluding carboxylic acids is 1. The van der Waals surface area contributed by atoms with Crippen molar-refractivity contribution in [2.24, 2.45) is 17.8 Å². The van der Waals surface area contributed by atoms with Crippen molar-refractivity contribution in [1.29, 1.82) is 0 Å². The van der Waals surface area contributed by atoms with Crippen LogP contribution in [0.2, 0.25) is 0 Å². The molecule has 110 valence electrons. The Kier molecular flexibility index (Phi) is 5.22. The van der Waals surface area contributed by atoms with Gasteiger partial charge in [0.2, 0.25) is 0 Å². The minimum atomic E-state index is -0.169. The number of hydrogen-bond acceptors (Lipinski definition) is 2. The van der Waals surface area contributed by atoms with Gasteiger partial charge in [0.15, 0.2) is 0 Å². The van der Waals surface area contributed by atoms with Crippen molar-refractivity contribution < 1.29 is 9.53 Å². The van der Waals surface area contributed by atoms with Crippen LogP contribution in [0.5, 0.6) is 0 Å². The highest BCUT2D eigenvalue weighted by atomic mass is 16.5. The molecule has 2 heteroatoms. The maximum absolute atomic E-state index is 12.3. The smallest absolute Gasteiger partial charge is 0.338 e. The van der Waals surface area contributed by atoms with Crippen molar-refractivity contribution in [2.75, 3.05) is 0 Å². The molecule has 1 saturated carbocycles. The fourth-order valence-corrected chi connectivity index (χ4v) is 3.28. The van der Waals surface area contributed by atoms with Crippen LogP contribution in [0.15, 0.2) is 30.3 Å². The Morgan fingerprint density at radius 1 is 1.25 bits per heavy atom. The van der Waals surface area contributed by atoms with Crippen molar-refractivity contribution in [1.82, 2.24) is 0 Å². The lowest BCUT2D eigenvalue weighted by atomic mass is 9.74. The maximum atomic E-state index is 12.3. The zero-order valence-corrected chi connectivity index (χ0v) is 12.8. The van der Waals surface area contributed by atoms with Crippen molar-refractivity contribution in [3.63, 3.8) is 0 Å². The van der Waals surface area contributed by atoms with E-state index in [9.17, 15) is 4.79 Å². The van der Waals surface area contributed by atoms with E-state index in [1.807, 2.05) is 30.3 Å². The molecule has 0 bridgehead atoms. The summed E-state index contributed by atoms with van der Waals surface area (Å²) in [5.41, 5.74) is 0.661. The van der Waals surface area contributed by atoms with E-state index >= 15 is 0 Å². The van der Waals surface area contributed by atoms with Gasteiger partial charge in [0.05, 0.1) is 5.56 Å². The third kappa shape index (κ3) is 3.62. The summed E-state index contributed by atoms with van der Waals surface area (Å²) < 4.78 is 5.84. The summed E-state index contributed by atoms with van der Waals surface area (Å²) in [6.45, 7) is 6.71. The normalized spacial score (nSPS) is 26.5. The zero-order valence-electron chi connectivity index (χ0n) is 12.8. The first-order valence-corrected chi connectivity index (χ1v) is 7.87. The van der Waals surface area contributed by atoms with Crippen LogP contribution in [0.4, 0.5) is 0 Å². The lowest BCUT2D eigenvalue weighted by molar-refractivity contribution is -0.0196. The first-order valence-electron chi connectivity index (χ1n) is 7.87. The first-order chi connectivity index (χ1) is 9.61. The molecule has 0 aliphatic heterocycles. The lowest BCUT2D eigenvalue weighted by Crippen LogP contribution is -2.36. The molecule has 1 aliphatic carbocycles. The number of hydrogen-bond donors (Lipinski definition) is 0. The van der Waals surface area contributed by atoms with Crippen molar-refractivity contribution >= 4 is 5.97 Å². The highest BCUT2D eigenvalue weighted by Crippen LogP contribution is 2.37. The molecule has 1 aromatic rings. The largest absolute Gasteiger partial charge is 0.458 e. The van der Waals surface area contributed by atoms with Gasteiger partial charge in [0.25, 0.3) is 0 Å². The average molecular weight is 274 g/mol. The van der Waals surface area contributed by atoms with Gasteiger partial charge in [-0.15, -0.1) is 0 Å². The van der Waals surface area contributed by atoms with Crippen molar-refractivity contribution in [2.45, 2.75) is 52.6 Å². The summed E-state index contributed by atoms with van der Waals surface area (Å²) in [6, 6.07) is 9.33. The third-order valence-corrected chi connectivity index (χ3v) is 4.65. The molecule has 20 heavy (non-hydrogen) atoms. The van der Waals surface area contributed by atoms with Gasteiger partial charge < -0.3 is 4.74 Å². The molecule has 1 fully saturated rings. The van der Waals surface area contributed by atoms with Crippen LogP contribution in [0, 0.1) is 17.8 Å². The highest BCUT2D eigenvalue weighted by Gasteiger charge is 2.34. The Bertz CT molecular complexity index is 424. The van der Waals surface area contributed by atoms with Gasteiger partial charge in [0.1, 0.15) is 6.10 Å². The van der Waals surface area contributed by atoms with E-state index in [2.05, 4.69) is 20.8 Å². The van der Waals surface area contributed by atoms with E-state index < -0.39 is 0 Å². The Hall–Kier alpha value is -1.31. The summed E-state index contributed by atoms with van der Waals surface area (Å²) in [5, 5.41) is 0. The van der Waals surface area contributed by atoms with Crippen LogP contribution >= 0.6 is 0 Å². The fourth-order valence-electron chi connectivity index (χ4n) is 3.28. The minimum absolute atomic E-state index is 0.0846. The first kappa shape index (κ1) is 15.1. The summed E-state index contributed by atoms with van der Waals surface area (Å²) in [5.74, 6) is 1.61. The third-order valence-electron chi connectivity index (χ3n) is 4.65. The number of carbonyl (C=O) groups is 1. The molecule has 0 radical (unpaired) electrons. The van der Waals surface area contributed by atoms with Gasteiger partial charge in [-0.2, -0.15) is 0 Å². The van der Waals surface area contributed by atoms with Gasteiger partial charge in [0, 0.05) is 0 Å². The van der Waals surface area contributed by atoms with E-state index in [4.69, 9.17) is 4.74 Å². The molecular weight excluding hydrogens is 248 g/mol. The second kappa shape index (κ2) is 6.92. The minimum Gasteiger partial charge on any atom is -0.458 e. The number of ether oxygens (including phenoxy) is 1. The Morgan fingerprint density at radius 2 is 1.95 bits per heavy atom. The Labute approximate surface area is 122 Å². The Balaban J connectivity index is 2.05. The summed E-state index contributed by atoms with van der Waals surface area (Å²) in [4.78, 5) is 12.3. The van der Waals surface area contributed by atoms with Gasteiger partial charge in [-0.25, -0.2) is 4.79 Å². The molecule has 0 N–H and O–H groups in total. The lowest BCUT2D eigenvalue weighted by Gasteiger charge is -2.37. The van der Waals surface area contributed by atoms with Gasteiger partial charge in [-0.3, -0.25) is 0 Å². The highest BCUT2D eigenvalue weighted by molar-refractivity contribution is 5.89. The van der Waals surface area contributed by atoms with Crippen molar-refractivity contribution in [3.8, 4) is 0 Å². The molecule has 1 aliphatic rings. The second-order valence-corrected chi connectivity index (χ2v) is 6.30.